The standard InChI is InChI=1S/C22H21FN2O5/c1-13(15-6-8-17(23)9-7-15)24-21(28)14(2)30-22(29)16-4-3-5-18(12-16)25-19(26)10-11-20(25)27/h3-9,12-14H,10-11H2,1-2H3,(H,24,28). The van der Waals surface area contributed by atoms with Gasteiger partial charge in [-0.15, -0.1) is 0 Å². The third-order valence-electron chi connectivity index (χ3n) is 4.77. The number of nitrogens with one attached hydrogen (secondary N) is 1. The van der Waals surface area contributed by atoms with Gasteiger partial charge in [0.2, 0.25) is 11.8 Å². The van der Waals surface area contributed by atoms with E-state index in [-0.39, 0.29) is 36.0 Å². The zero-order valence-corrected chi connectivity index (χ0v) is 16.6. The molecule has 1 saturated heterocycles. The minimum absolute atomic E-state index is 0.117. The van der Waals surface area contributed by atoms with Crippen LogP contribution >= 0.6 is 0 Å². The van der Waals surface area contributed by atoms with Crippen LogP contribution in [-0.4, -0.2) is 29.8 Å². The van der Waals surface area contributed by atoms with Crippen LogP contribution in [0, 0.1) is 5.82 Å². The molecule has 0 spiro atoms. The summed E-state index contributed by atoms with van der Waals surface area (Å²) in [5, 5.41) is 2.70. The largest absolute Gasteiger partial charge is 0.449 e. The first-order valence-corrected chi connectivity index (χ1v) is 9.49. The minimum atomic E-state index is -1.08. The van der Waals surface area contributed by atoms with Crippen LogP contribution in [0.25, 0.3) is 0 Å². The summed E-state index contributed by atoms with van der Waals surface area (Å²) in [7, 11) is 0. The first-order chi connectivity index (χ1) is 14.3. The summed E-state index contributed by atoms with van der Waals surface area (Å²) in [5.74, 6) is -2.30. The number of carbonyl (C=O) groups excluding carboxylic acids is 4. The Morgan fingerprint density at radius 2 is 1.67 bits per heavy atom. The minimum Gasteiger partial charge on any atom is -0.449 e. The average Bonchev–Trinajstić information content (AvgIpc) is 3.06. The van der Waals surface area contributed by atoms with Crippen LogP contribution in [-0.2, 0) is 19.1 Å². The Labute approximate surface area is 172 Å². The zero-order valence-electron chi connectivity index (χ0n) is 16.6. The lowest BCUT2D eigenvalue weighted by atomic mass is 10.1. The highest BCUT2D eigenvalue weighted by molar-refractivity contribution is 6.20. The highest BCUT2D eigenvalue weighted by Crippen LogP contribution is 2.24. The number of anilines is 1. The maximum Gasteiger partial charge on any atom is 0.338 e. The van der Waals surface area contributed by atoms with Gasteiger partial charge in [-0.25, -0.2) is 9.18 Å². The van der Waals surface area contributed by atoms with Gasteiger partial charge in [-0.1, -0.05) is 18.2 Å². The molecule has 7 nitrogen and oxygen atoms in total. The summed E-state index contributed by atoms with van der Waals surface area (Å²) >= 11 is 0. The van der Waals surface area contributed by atoms with Gasteiger partial charge in [-0.3, -0.25) is 19.3 Å². The molecule has 0 aromatic heterocycles. The van der Waals surface area contributed by atoms with Crippen molar-refractivity contribution in [2.24, 2.45) is 0 Å². The Hall–Kier alpha value is -3.55. The summed E-state index contributed by atoms with van der Waals surface area (Å²) in [5.41, 5.74) is 1.11. The van der Waals surface area contributed by atoms with E-state index in [1.54, 1.807) is 25.1 Å². The van der Waals surface area contributed by atoms with E-state index in [1.165, 1.54) is 37.3 Å². The van der Waals surface area contributed by atoms with E-state index >= 15 is 0 Å². The molecular formula is C22H21FN2O5. The van der Waals surface area contributed by atoms with E-state index in [1.807, 2.05) is 0 Å². The summed E-state index contributed by atoms with van der Waals surface area (Å²) in [6.45, 7) is 3.16. The molecule has 2 aromatic carbocycles. The third kappa shape index (κ3) is 4.71. The molecule has 1 heterocycles. The first kappa shape index (κ1) is 21.2. The van der Waals surface area contributed by atoms with Crippen molar-refractivity contribution in [3.05, 3.63) is 65.5 Å². The van der Waals surface area contributed by atoms with Crippen molar-refractivity contribution in [1.29, 1.82) is 0 Å². The van der Waals surface area contributed by atoms with Crippen molar-refractivity contribution in [2.75, 3.05) is 4.90 Å². The number of hydrogen-bond donors (Lipinski definition) is 1. The van der Waals surface area contributed by atoms with Gasteiger partial charge in [0.05, 0.1) is 17.3 Å². The van der Waals surface area contributed by atoms with E-state index < -0.39 is 24.0 Å². The summed E-state index contributed by atoms with van der Waals surface area (Å²) < 4.78 is 18.3. The van der Waals surface area contributed by atoms with Gasteiger partial charge in [0, 0.05) is 12.8 Å². The number of hydrogen-bond acceptors (Lipinski definition) is 5. The summed E-state index contributed by atoms with van der Waals surface area (Å²) in [6.07, 6.45) is -0.812. The molecule has 3 amide bonds. The van der Waals surface area contributed by atoms with Crippen LogP contribution in [0.1, 0.15) is 48.7 Å². The molecule has 1 aliphatic rings. The van der Waals surface area contributed by atoms with Crippen molar-refractivity contribution in [3.63, 3.8) is 0 Å². The number of rotatable bonds is 6. The summed E-state index contributed by atoms with van der Waals surface area (Å²) in [6, 6.07) is 11.2. The predicted octanol–water partition coefficient (Wildman–Crippen LogP) is 2.90. The Morgan fingerprint density at radius 3 is 2.30 bits per heavy atom. The molecule has 0 saturated carbocycles. The number of imide groups is 1. The Balaban J connectivity index is 1.63. The molecule has 2 atom stereocenters. The number of benzene rings is 2. The average molecular weight is 412 g/mol. The first-order valence-electron chi connectivity index (χ1n) is 9.49. The van der Waals surface area contributed by atoms with Gasteiger partial charge in [-0.2, -0.15) is 0 Å². The maximum absolute atomic E-state index is 13.0. The van der Waals surface area contributed by atoms with Crippen LogP contribution in [0.5, 0.6) is 0 Å². The fourth-order valence-corrected chi connectivity index (χ4v) is 3.08. The molecule has 1 fully saturated rings. The number of nitrogens with zero attached hydrogens (tertiary/aromatic N) is 1. The molecule has 2 unspecified atom stereocenters. The normalized spacial score (nSPS) is 15.6. The van der Waals surface area contributed by atoms with Crippen LogP contribution in [0.15, 0.2) is 48.5 Å². The van der Waals surface area contributed by atoms with Crippen LogP contribution in [0.3, 0.4) is 0 Å². The summed E-state index contributed by atoms with van der Waals surface area (Å²) in [4.78, 5) is 49.6. The topological polar surface area (TPSA) is 92.8 Å². The predicted molar refractivity (Wildman–Crippen MR) is 106 cm³/mol. The molecule has 8 heteroatoms. The fraction of sp³-hybridized carbons (Fsp3) is 0.273. The van der Waals surface area contributed by atoms with Crippen LogP contribution < -0.4 is 10.2 Å². The quantitative estimate of drug-likeness (QED) is 0.582. The lowest BCUT2D eigenvalue weighted by molar-refractivity contribution is -0.129. The van der Waals surface area contributed by atoms with E-state index in [0.717, 1.165) is 4.90 Å². The van der Waals surface area contributed by atoms with E-state index in [0.29, 0.717) is 11.3 Å². The van der Waals surface area contributed by atoms with Gasteiger partial charge in [-0.05, 0) is 49.7 Å². The van der Waals surface area contributed by atoms with E-state index in [9.17, 15) is 23.6 Å². The van der Waals surface area contributed by atoms with Crippen molar-refractivity contribution in [3.8, 4) is 0 Å². The monoisotopic (exact) mass is 412 g/mol. The van der Waals surface area contributed by atoms with Crippen molar-refractivity contribution < 1.29 is 28.3 Å². The van der Waals surface area contributed by atoms with Crippen LogP contribution in [0.2, 0.25) is 0 Å². The maximum atomic E-state index is 13.0. The van der Waals surface area contributed by atoms with Crippen molar-refractivity contribution in [2.45, 2.75) is 38.8 Å². The van der Waals surface area contributed by atoms with Gasteiger partial charge in [0.15, 0.2) is 6.10 Å². The molecular weight excluding hydrogens is 391 g/mol. The molecule has 1 N–H and O–H groups in total. The van der Waals surface area contributed by atoms with Gasteiger partial charge < -0.3 is 10.1 Å². The number of ether oxygens (including phenoxy) is 1. The van der Waals surface area contributed by atoms with Gasteiger partial charge >= 0.3 is 5.97 Å². The molecule has 0 aliphatic carbocycles. The number of carbonyl (C=O) groups is 4. The Bertz CT molecular complexity index is 973. The van der Waals surface area contributed by atoms with Crippen LogP contribution in [0.4, 0.5) is 10.1 Å². The molecule has 1 aliphatic heterocycles. The zero-order chi connectivity index (χ0) is 21.8. The second kappa shape index (κ2) is 8.86. The Kier molecular flexibility index (Phi) is 6.25. The lowest BCUT2D eigenvalue weighted by Crippen LogP contribution is -2.37. The molecule has 3 rings (SSSR count). The van der Waals surface area contributed by atoms with E-state index in [2.05, 4.69) is 5.32 Å². The van der Waals surface area contributed by atoms with Gasteiger partial charge in [0.25, 0.3) is 5.91 Å². The smallest absolute Gasteiger partial charge is 0.338 e. The molecule has 156 valence electrons. The van der Waals surface area contributed by atoms with E-state index in [4.69, 9.17) is 4.74 Å². The van der Waals surface area contributed by atoms with Crippen molar-refractivity contribution in [1.82, 2.24) is 5.32 Å². The SMILES string of the molecule is CC(OC(=O)c1cccc(N2C(=O)CCC2=O)c1)C(=O)NC(C)c1ccc(F)cc1. The highest BCUT2D eigenvalue weighted by atomic mass is 19.1. The molecule has 2 aromatic rings. The number of halogens is 1. The fourth-order valence-electron chi connectivity index (χ4n) is 3.08. The number of amides is 3. The Morgan fingerprint density at radius 1 is 1.03 bits per heavy atom. The lowest BCUT2D eigenvalue weighted by Gasteiger charge is -2.19. The number of esters is 1. The van der Waals surface area contributed by atoms with Gasteiger partial charge in [0.1, 0.15) is 5.82 Å². The highest BCUT2D eigenvalue weighted by Gasteiger charge is 2.31. The third-order valence-corrected chi connectivity index (χ3v) is 4.77. The molecule has 0 bridgehead atoms. The molecule has 30 heavy (non-hydrogen) atoms. The molecule has 0 radical (unpaired) electrons. The van der Waals surface area contributed by atoms with Crippen molar-refractivity contribution >= 4 is 29.4 Å². The second-order valence-electron chi connectivity index (χ2n) is 7.00. The second-order valence-corrected chi connectivity index (χ2v) is 7.00.